The molecule has 6 nitrogen and oxygen atoms in total. The molecule has 0 spiro atoms. The van der Waals surface area contributed by atoms with Gasteiger partial charge in [-0.25, -0.2) is 4.68 Å². The van der Waals surface area contributed by atoms with Gasteiger partial charge in [-0.05, 0) is 12.8 Å². The minimum absolute atomic E-state index is 0.0109. The van der Waals surface area contributed by atoms with Crippen LogP contribution in [0.2, 0.25) is 0 Å². The van der Waals surface area contributed by atoms with E-state index < -0.39 is 0 Å². The Balaban J connectivity index is 1.92. The number of aromatic nitrogens is 2. The van der Waals surface area contributed by atoms with Crippen LogP contribution in [-0.4, -0.2) is 35.8 Å². The first-order chi connectivity index (χ1) is 10.6. The Labute approximate surface area is 131 Å². The lowest BCUT2D eigenvalue weighted by atomic mass is 9.97. The van der Waals surface area contributed by atoms with E-state index in [0.717, 1.165) is 18.5 Å². The molecule has 122 valence electrons. The van der Waals surface area contributed by atoms with E-state index in [1.807, 2.05) is 19.0 Å². The number of nitrogens with one attached hydrogen (secondary N) is 1. The van der Waals surface area contributed by atoms with Crippen LogP contribution in [-0.2, 0) is 11.3 Å². The normalized spacial score (nSPS) is 16.6. The second kappa shape index (κ2) is 7.96. The summed E-state index contributed by atoms with van der Waals surface area (Å²) in [6.07, 6.45) is 9.81. The van der Waals surface area contributed by atoms with Crippen LogP contribution in [0.5, 0.6) is 0 Å². The van der Waals surface area contributed by atoms with Gasteiger partial charge >= 0.3 is 0 Å². The third-order valence-corrected chi connectivity index (χ3v) is 4.14. The molecule has 1 aromatic rings. The summed E-state index contributed by atoms with van der Waals surface area (Å²) in [6.45, 7) is -0.0109. The van der Waals surface area contributed by atoms with Crippen LogP contribution in [0.4, 0.5) is 5.69 Å². The Hall–Kier alpha value is -1.85. The lowest BCUT2D eigenvalue weighted by molar-refractivity contribution is -0.122. The van der Waals surface area contributed by atoms with E-state index >= 15 is 0 Å². The number of hydrogen-bond acceptors (Lipinski definition) is 4. The van der Waals surface area contributed by atoms with Crippen molar-refractivity contribution in [2.24, 2.45) is 0 Å². The molecule has 1 N–H and O–H groups in total. The SMILES string of the molecule is CN(C)c1cnn(CC(=O)NC2CCCCCCC2)c(=O)c1. The van der Waals surface area contributed by atoms with Crippen molar-refractivity contribution in [1.82, 2.24) is 15.1 Å². The summed E-state index contributed by atoms with van der Waals surface area (Å²) in [7, 11) is 3.70. The zero-order chi connectivity index (χ0) is 15.9. The Morgan fingerprint density at radius 3 is 2.50 bits per heavy atom. The highest BCUT2D eigenvalue weighted by Crippen LogP contribution is 2.17. The van der Waals surface area contributed by atoms with Gasteiger partial charge in [0.05, 0.1) is 11.9 Å². The highest BCUT2D eigenvalue weighted by atomic mass is 16.2. The Morgan fingerprint density at radius 2 is 1.91 bits per heavy atom. The fraction of sp³-hybridized carbons (Fsp3) is 0.688. The minimum atomic E-state index is -0.251. The monoisotopic (exact) mass is 306 g/mol. The minimum Gasteiger partial charge on any atom is -0.376 e. The van der Waals surface area contributed by atoms with Crippen LogP contribution in [0.15, 0.2) is 17.1 Å². The number of carbonyl (C=O) groups is 1. The third-order valence-electron chi connectivity index (χ3n) is 4.14. The standard InChI is InChI=1S/C16H26N4O2/c1-19(2)14-10-16(22)20(17-11-14)12-15(21)18-13-8-6-4-3-5-7-9-13/h10-11,13H,3-9,12H2,1-2H3,(H,18,21). The Bertz CT molecular complexity index is 545. The molecule has 1 saturated carbocycles. The van der Waals surface area contributed by atoms with E-state index in [9.17, 15) is 9.59 Å². The summed E-state index contributed by atoms with van der Waals surface area (Å²) >= 11 is 0. The maximum Gasteiger partial charge on any atom is 0.269 e. The quantitative estimate of drug-likeness (QED) is 0.916. The second-order valence-electron chi connectivity index (χ2n) is 6.21. The molecule has 2 rings (SSSR count). The first-order valence-electron chi connectivity index (χ1n) is 8.10. The average molecular weight is 306 g/mol. The molecule has 1 heterocycles. The van der Waals surface area contributed by atoms with E-state index in [-0.39, 0.29) is 24.1 Å². The van der Waals surface area contributed by atoms with E-state index in [2.05, 4.69) is 10.4 Å². The van der Waals surface area contributed by atoms with Gasteiger partial charge in [0.1, 0.15) is 6.54 Å². The molecule has 0 saturated heterocycles. The molecule has 22 heavy (non-hydrogen) atoms. The van der Waals surface area contributed by atoms with Crippen molar-refractivity contribution in [3.05, 3.63) is 22.6 Å². The van der Waals surface area contributed by atoms with Crippen molar-refractivity contribution in [2.75, 3.05) is 19.0 Å². The smallest absolute Gasteiger partial charge is 0.269 e. The van der Waals surface area contributed by atoms with E-state index in [0.29, 0.717) is 0 Å². The molecule has 0 bridgehead atoms. The Morgan fingerprint density at radius 1 is 1.27 bits per heavy atom. The van der Waals surface area contributed by atoms with Crippen LogP contribution in [0.3, 0.4) is 0 Å². The van der Waals surface area contributed by atoms with E-state index in [1.54, 1.807) is 6.20 Å². The number of rotatable bonds is 4. The van der Waals surface area contributed by atoms with Gasteiger partial charge in [0.15, 0.2) is 0 Å². The van der Waals surface area contributed by atoms with Gasteiger partial charge < -0.3 is 10.2 Å². The molecular formula is C16H26N4O2. The first-order valence-corrected chi connectivity index (χ1v) is 8.10. The third kappa shape index (κ3) is 4.86. The molecule has 1 aliphatic rings. The molecule has 0 unspecified atom stereocenters. The fourth-order valence-electron chi connectivity index (χ4n) is 2.80. The van der Waals surface area contributed by atoms with Crippen molar-refractivity contribution >= 4 is 11.6 Å². The maximum atomic E-state index is 12.1. The summed E-state index contributed by atoms with van der Waals surface area (Å²) in [5, 5.41) is 7.12. The second-order valence-corrected chi connectivity index (χ2v) is 6.21. The molecule has 6 heteroatoms. The maximum absolute atomic E-state index is 12.1. The number of carbonyl (C=O) groups excluding carboxylic acids is 1. The van der Waals surface area contributed by atoms with E-state index in [4.69, 9.17) is 0 Å². The number of anilines is 1. The van der Waals surface area contributed by atoms with E-state index in [1.165, 1.54) is 42.9 Å². The highest BCUT2D eigenvalue weighted by molar-refractivity contribution is 5.75. The lowest BCUT2D eigenvalue weighted by Crippen LogP contribution is -2.39. The topological polar surface area (TPSA) is 67.2 Å². The lowest BCUT2D eigenvalue weighted by Gasteiger charge is -2.21. The van der Waals surface area contributed by atoms with Crippen LogP contribution < -0.4 is 15.8 Å². The summed E-state index contributed by atoms with van der Waals surface area (Å²) < 4.78 is 1.21. The largest absolute Gasteiger partial charge is 0.376 e. The highest BCUT2D eigenvalue weighted by Gasteiger charge is 2.15. The first kappa shape index (κ1) is 16.5. The number of amides is 1. The number of hydrogen-bond donors (Lipinski definition) is 1. The van der Waals surface area contributed by atoms with Gasteiger partial charge in [-0.3, -0.25) is 9.59 Å². The van der Waals surface area contributed by atoms with Gasteiger partial charge in [-0.1, -0.05) is 32.1 Å². The molecule has 1 aliphatic carbocycles. The molecule has 0 atom stereocenters. The summed E-state index contributed by atoms with van der Waals surface area (Å²) in [6, 6.07) is 1.74. The van der Waals surface area contributed by atoms with Crippen LogP contribution in [0.25, 0.3) is 0 Å². The van der Waals surface area contributed by atoms with Gasteiger partial charge in [-0.15, -0.1) is 0 Å². The molecule has 1 fully saturated rings. The van der Waals surface area contributed by atoms with Crippen molar-refractivity contribution in [3.8, 4) is 0 Å². The van der Waals surface area contributed by atoms with Crippen molar-refractivity contribution < 1.29 is 4.79 Å². The van der Waals surface area contributed by atoms with Crippen molar-refractivity contribution in [3.63, 3.8) is 0 Å². The summed E-state index contributed by atoms with van der Waals surface area (Å²) in [5.41, 5.74) is 0.487. The molecule has 1 aromatic heterocycles. The van der Waals surface area contributed by atoms with Crippen molar-refractivity contribution in [1.29, 1.82) is 0 Å². The molecule has 0 aliphatic heterocycles. The van der Waals surface area contributed by atoms with Gasteiger partial charge in [0.2, 0.25) is 5.91 Å². The predicted molar refractivity (Wildman–Crippen MR) is 87.1 cm³/mol. The average Bonchev–Trinajstić information content (AvgIpc) is 2.43. The summed E-state index contributed by atoms with van der Waals surface area (Å²) in [5.74, 6) is -0.127. The molecule has 0 aromatic carbocycles. The van der Waals surface area contributed by atoms with Gasteiger partial charge in [0, 0.05) is 26.2 Å². The zero-order valence-electron chi connectivity index (χ0n) is 13.5. The number of nitrogens with zero attached hydrogens (tertiary/aromatic N) is 3. The van der Waals surface area contributed by atoms with Crippen LogP contribution >= 0.6 is 0 Å². The fourth-order valence-corrected chi connectivity index (χ4v) is 2.80. The zero-order valence-corrected chi connectivity index (χ0v) is 13.5. The van der Waals surface area contributed by atoms with Crippen LogP contribution in [0.1, 0.15) is 44.9 Å². The molecular weight excluding hydrogens is 280 g/mol. The van der Waals surface area contributed by atoms with Gasteiger partial charge in [0.25, 0.3) is 5.56 Å². The predicted octanol–water partition coefficient (Wildman–Crippen LogP) is 1.54. The van der Waals surface area contributed by atoms with Crippen molar-refractivity contribution in [2.45, 2.75) is 57.5 Å². The Kier molecular flexibility index (Phi) is 5.98. The van der Waals surface area contributed by atoms with Gasteiger partial charge in [-0.2, -0.15) is 5.10 Å². The van der Waals surface area contributed by atoms with Crippen LogP contribution in [0, 0.1) is 0 Å². The molecule has 0 radical (unpaired) electrons. The summed E-state index contributed by atoms with van der Waals surface area (Å²) in [4.78, 5) is 25.9. The molecule has 1 amide bonds.